The molecule has 2 heterocycles. The summed E-state index contributed by atoms with van der Waals surface area (Å²) in [6, 6.07) is -0.0413. The molecule has 2 amide bonds. The molecule has 0 saturated carbocycles. The lowest BCUT2D eigenvalue weighted by Gasteiger charge is -2.46. The first-order valence-corrected chi connectivity index (χ1v) is 9.75. The second-order valence-electron chi connectivity index (χ2n) is 9.55. The summed E-state index contributed by atoms with van der Waals surface area (Å²) in [5.74, 6) is -0.787. The molecule has 1 aliphatic rings. The van der Waals surface area contributed by atoms with Crippen LogP contribution in [0.5, 0.6) is 0 Å². The van der Waals surface area contributed by atoms with Crippen molar-refractivity contribution in [1.29, 1.82) is 0 Å². The van der Waals surface area contributed by atoms with E-state index in [1.807, 2.05) is 18.5 Å². The Hall–Kier alpha value is -1.89. The summed E-state index contributed by atoms with van der Waals surface area (Å²) in [5, 5.41) is 13.7. The molecule has 1 fully saturated rings. The summed E-state index contributed by atoms with van der Waals surface area (Å²) in [6.45, 7) is 17.2. The Morgan fingerprint density at radius 1 is 1.15 bits per heavy atom. The summed E-state index contributed by atoms with van der Waals surface area (Å²) in [4.78, 5) is 24.9. The predicted octanol–water partition coefficient (Wildman–Crippen LogP) is 2.52. The van der Waals surface area contributed by atoms with Crippen molar-refractivity contribution in [2.45, 2.75) is 91.9 Å². The average Bonchev–Trinajstić information content (AvgIpc) is 2.70. The number of piperidine rings is 1. The first kappa shape index (κ1) is 21.4. The van der Waals surface area contributed by atoms with Crippen LogP contribution in [0, 0.1) is 19.8 Å². The maximum absolute atomic E-state index is 12.5. The van der Waals surface area contributed by atoms with E-state index in [1.165, 1.54) is 0 Å². The zero-order chi connectivity index (χ0) is 20.6. The lowest BCUT2D eigenvalue weighted by molar-refractivity contribution is -0.137. The molecule has 0 unspecified atom stereocenters. The van der Waals surface area contributed by atoms with Gasteiger partial charge in [0.2, 0.25) is 0 Å². The van der Waals surface area contributed by atoms with Crippen LogP contribution in [0.25, 0.3) is 0 Å². The highest BCUT2D eigenvalue weighted by Crippen LogP contribution is 2.28. The maximum Gasteiger partial charge on any atom is 0.313 e. The van der Waals surface area contributed by atoms with Gasteiger partial charge in [0.15, 0.2) is 0 Å². The van der Waals surface area contributed by atoms with Gasteiger partial charge < -0.3 is 16.0 Å². The van der Waals surface area contributed by atoms with Crippen molar-refractivity contribution >= 4 is 17.5 Å². The van der Waals surface area contributed by atoms with Gasteiger partial charge in [0, 0.05) is 23.7 Å². The van der Waals surface area contributed by atoms with Crippen LogP contribution in [0.15, 0.2) is 0 Å². The fraction of sp³-hybridized carbons (Fsp3) is 0.750. The number of hydrogen-bond acceptors (Lipinski definition) is 4. The Morgan fingerprint density at radius 3 is 2.22 bits per heavy atom. The van der Waals surface area contributed by atoms with Crippen LogP contribution in [-0.2, 0) is 16.1 Å². The molecule has 1 aromatic heterocycles. The molecular weight excluding hydrogens is 342 g/mol. The molecule has 3 N–H and O–H groups in total. The summed E-state index contributed by atoms with van der Waals surface area (Å²) in [6.07, 6.45) is 1.56. The third kappa shape index (κ3) is 5.54. The molecule has 152 valence electrons. The number of nitrogens with zero attached hydrogens (tertiary/aromatic N) is 2. The van der Waals surface area contributed by atoms with E-state index in [-0.39, 0.29) is 17.1 Å². The van der Waals surface area contributed by atoms with Crippen LogP contribution in [0.2, 0.25) is 0 Å². The number of amides is 2. The molecule has 7 nitrogen and oxygen atoms in total. The number of hydrogen-bond donors (Lipinski definition) is 3. The van der Waals surface area contributed by atoms with Gasteiger partial charge >= 0.3 is 11.8 Å². The van der Waals surface area contributed by atoms with Gasteiger partial charge in [0.25, 0.3) is 0 Å². The molecule has 27 heavy (non-hydrogen) atoms. The van der Waals surface area contributed by atoms with Crippen molar-refractivity contribution in [1.82, 2.24) is 20.4 Å². The molecule has 1 aromatic rings. The van der Waals surface area contributed by atoms with Crippen LogP contribution in [-0.4, -0.2) is 38.7 Å². The van der Waals surface area contributed by atoms with Crippen LogP contribution in [0.1, 0.15) is 65.8 Å². The van der Waals surface area contributed by atoms with Gasteiger partial charge in [-0.05, 0) is 60.3 Å². The van der Waals surface area contributed by atoms with E-state index < -0.39 is 11.8 Å². The first-order valence-electron chi connectivity index (χ1n) is 9.75. The van der Waals surface area contributed by atoms with Crippen LogP contribution in [0.3, 0.4) is 0 Å². The second-order valence-corrected chi connectivity index (χ2v) is 9.55. The Labute approximate surface area is 162 Å². The average molecular weight is 378 g/mol. The summed E-state index contributed by atoms with van der Waals surface area (Å²) in [7, 11) is 0. The Kier molecular flexibility index (Phi) is 6.04. The third-order valence-corrected chi connectivity index (χ3v) is 4.89. The molecule has 0 bridgehead atoms. The van der Waals surface area contributed by atoms with Crippen LogP contribution >= 0.6 is 0 Å². The number of aromatic nitrogens is 2. The zero-order valence-corrected chi connectivity index (χ0v) is 18.0. The number of anilines is 1. The molecular formula is C20H35N5O2. The number of rotatable bonds is 4. The lowest BCUT2D eigenvalue weighted by Crippen LogP contribution is -2.62. The highest BCUT2D eigenvalue weighted by molar-refractivity contribution is 6.39. The quantitative estimate of drug-likeness (QED) is 0.704. The minimum absolute atomic E-state index is 0.0413. The summed E-state index contributed by atoms with van der Waals surface area (Å²) >= 11 is 0. The lowest BCUT2D eigenvalue weighted by atomic mass is 9.79. The van der Waals surface area contributed by atoms with E-state index in [4.69, 9.17) is 0 Å². The van der Waals surface area contributed by atoms with Crippen molar-refractivity contribution < 1.29 is 9.59 Å². The van der Waals surface area contributed by atoms with Crippen molar-refractivity contribution in [2.24, 2.45) is 5.92 Å². The minimum Gasteiger partial charge on any atom is -0.345 e. The van der Waals surface area contributed by atoms with Crippen molar-refractivity contribution in [2.75, 3.05) is 5.32 Å². The second kappa shape index (κ2) is 7.62. The molecule has 2 rings (SSSR count). The fourth-order valence-corrected chi connectivity index (χ4v) is 4.25. The molecule has 0 radical (unpaired) electrons. The van der Waals surface area contributed by atoms with E-state index in [2.05, 4.69) is 62.6 Å². The largest absolute Gasteiger partial charge is 0.345 e. The van der Waals surface area contributed by atoms with Gasteiger partial charge in [-0.25, -0.2) is 0 Å². The van der Waals surface area contributed by atoms with Gasteiger partial charge in [0.1, 0.15) is 0 Å². The van der Waals surface area contributed by atoms with Crippen molar-refractivity contribution in [3.05, 3.63) is 11.4 Å². The van der Waals surface area contributed by atoms with E-state index in [9.17, 15) is 9.59 Å². The van der Waals surface area contributed by atoms with Gasteiger partial charge in [-0.1, -0.05) is 13.8 Å². The van der Waals surface area contributed by atoms with Crippen LogP contribution in [0.4, 0.5) is 5.69 Å². The predicted molar refractivity (Wildman–Crippen MR) is 108 cm³/mol. The van der Waals surface area contributed by atoms with E-state index in [0.29, 0.717) is 11.6 Å². The minimum atomic E-state index is -0.639. The van der Waals surface area contributed by atoms with E-state index in [1.54, 1.807) is 0 Å². The highest BCUT2D eigenvalue weighted by Gasteiger charge is 2.38. The maximum atomic E-state index is 12.5. The number of carbonyl (C=O) groups excluding carboxylic acids is 2. The normalized spacial score (nSPS) is 19.1. The SMILES string of the molecule is Cc1nn(CC(C)C)c(C)c1NC(=O)C(=O)NC1CC(C)(C)NC(C)(C)C1. The molecule has 0 aliphatic carbocycles. The van der Waals surface area contributed by atoms with E-state index >= 15 is 0 Å². The third-order valence-electron chi connectivity index (χ3n) is 4.89. The van der Waals surface area contributed by atoms with Crippen molar-refractivity contribution in [3.8, 4) is 0 Å². The first-order chi connectivity index (χ1) is 12.3. The van der Waals surface area contributed by atoms with Crippen LogP contribution < -0.4 is 16.0 Å². The Bertz CT molecular complexity index is 702. The molecule has 0 aromatic carbocycles. The molecule has 0 atom stereocenters. The van der Waals surface area contributed by atoms with Gasteiger partial charge in [-0.3, -0.25) is 14.3 Å². The summed E-state index contributed by atoms with van der Waals surface area (Å²) in [5.41, 5.74) is 2.02. The number of aryl methyl sites for hydroxylation is 1. The molecule has 7 heteroatoms. The molecule has 1 saturated heterocycles. The van der Waals surface area contributed by atoms with Gasteiger partial charge in [0.05, 0.1) is 17.1 Å². The monoisotopic (exact) mass is 377 g/mol. The Morgan fingerprint density at radius 2 is 1.70 bits per heavy atom. The number of nitrogens with one attached hydrogen (secondary N) is 3. The number of carbonyl (C=O) groups is 2. The molecule has 1 aliphatic heterocycles. The highest BCUT2D eigenvalue weighted by atomic mass is 16.2. The summed E-state index contributed by atoms with van der Waals surface area (Å²) < 4.78 is 1.88. The van der Waals surface area contributed by atoms with Gasteiger partial charge in [-0.2, -0.15) is 5.10 Å². The fourth-order valence-electron chi connectivity index (χ4n) is 4.25. The molecule has 0 spiro atoms. The Balaban J connectivity index is 2.04. The van der Waals surface area contributed by atoms with E-state index in [0.717, 1.165) is 30.8 Å². The zero-order valence-electron chi connectivity index (χ0n) is 18.0. The van der Waals surface area contributed by atoms with Gasteiger partial charge in [-0.15, -0.1) is 0 Å². The standard InChI is InChI=1S/C20H35N5O2/c1-12(2)11-25-14(4)16(13(3)23-25)22-18(27)17(26)21-15-9-19(5,6)24-20(7,8)10-15/h12,15,24H,9-11H2,1-8H3,(H,21,26)(H,22,27). The topological polar surface area (TPSA) is 88.0 Å². The smallest absolute Gasteiger partial charge is 0.313 e. The van der Waals surface area contributed by atoms with Crippen molar-refractivity contribution in [3.63, 3.8) is 0 Å².